The number of ketones is 1. The lowest BCUT2D eigenvalue weighted by Crippen LogP contribution is -2.43. The summed E-state index contributed by atoms with van der Waals surface area (Å²) >= 11 is 12.3. The standard InChI is InChI=1S/C29H31Cl2N3O4/c1-29(2)13-22-27(23(35)14-29)26(20(15-32)28(33)34(22)9-10-36-3)17-6-8-24(25(11-17)37-4)38-16-18-5-7-19(30)12-21(18)31/h5-8,11-12,26H,9-10,13-14,16,33H2,1-4H3/t26-/m0/s1. The first-order valence-electron chi connectivity index (χ1n) is 12.3. The van der Waals surface area contributed by atoms with E-state index in [1.54, 1.807) is 44.6 Å². The van der Waals surface area contributed by atoms with Crippen LogP contribution in [0.25, 0.3) is 0 Å². The summed E-state index contributed by atoms with van der Waals surface area (Å²) in [5, 5.41) is 11.2. The molecule has 0 fully saturated rings. The number of allylic oxidation sites excluding steroid dienone is 3. The molecule has 2 aliphatic rings. The third-order valence-corrected chi connectivity index (χ3v) is 7.51. The topological polar surface area (TPSA) is 97.8 Å². The Bertz CT molecular complexity index is 1360. The molecule has 1 aliphatic heterocycles. The number of Topliss-reactive ketones (excluding diaryl/α,β-unsaturated/α-hetero) is 1. The van der Waals surface area contributed by atoms with E-state index in [2.05, 4.69) is 19.9 Å². The van der Waals surface area contributed by atoms with Crippen LogP contribution in [0.5, 0.6) is 11.5 Å². The quantitative estimate of drug-likeness (QED) is 0.428. The van der Waals surface area contributed by atoms with Gasteiger partial charge in [-0.15, -0.1) is 0 Å². The fourth-order valence-electron chi connectivity index (χ4n) is 5.12. The molecule has 0 spiro atoms. The summed E-state index contributed by atoms with van der Waals surface area (Å²) in [6.45, 7) is 5.21. The second-order valence-electron chi connectivity index (χ2n) is 10.2. The molecular weight excluding hydrogens is 525 g/mol. The maximum Gasteiger partial charge on any atom is 0.162 e. The van der Waals surface area contributed by atoms with Crippen LogP contribution >= 0.6 is 23.2 Å². The molecule has 0 radical (unpaired) electrons. The predicted octanol–water partition coefficient (Wildman–Crippen LogP) is 5.96. The van der Waals surface area contributed by atoms with Crippen LogP contribution in [0.15, 0.2) is 59.1 Å². The van der Waals surface area contributed by atoms with E-state index in [1.165, 1.54) is 0 Å². The number of methoxy groups -OCH3 is 2. The third kappa shape index (κ3) is 5.49. The van der Waals surface area contributed by atoms with Crippen LogP contribution in [0.4, 0.5) is 0 Å². The van der Waals surface area contributed by atoms with Crippen LogP contribution in [-0.4, -0.2) is 38.1 Å². The Balaban J connectivity index is 1.75. The number of nitrogens with two attached hydrogens (primary N) is 1. The largest absolute Gasteiger partial charge is 0.493 e. The van der Waals surface area contributed by atoms with Gasteiger partial charge in [0.15, 0.2) is 17.3 Å². The minimum atomic E-state index is -0.606. The van der Waals surface area contributed by atoms with Crippen molar-refractivity contribution in [1.82, 2.24) is 4.90 Å². The highest BCUT2D eigenvalue weighted by atomic mass is 35.5. The van der Waals surface area contributed by atoms with Crippen LogP contribution in [0, 0.1) is 16.7 Å². The van der Waals surface area contributed by atoms with Gasteiger partial charge in [-0.25, -0.2) is 0 Å². The Kier molecular flexibility index (Phi) is 8.27. The average Bonchev–Trinajstić information content (AvgIpc) is 2.86. The Morgan fingerprint density at radius 2 is 1.89 bits per heavy atom. The molecule has 0 unspecified atom stereocenters. The van der Waals surface area contributed by atoms with E-state index in [0.717, 1.165) is 16.8 Å². The van der Waals surface area contributed by atoms with E-state index in [9.17, 15) is 10.1 Å². The first-order chi connectivity index (χ1) is 18.1. The SMILES string of the molecule is COCCN1C(N)=C(C#N)[C@H](c2ccc(OCc3ccc(Cl)cc3Cl)c(OC)c2)C2=C1CC(C)(C)CC2=O. The van der Waals surface area contributed by atoms with Gasteiger partial charge in [0.05, 0.1) is 31.3 Å². The van der Waals surface area contributed by atoms with Crippen LogP contribution in [0.3, 0.4) is 0 Å². The fraction of sp³-hybridized carbons (Fsp3) is 0.379. The van der Waals surface area contributed by atoms with Gasteiger partial charge in [-0.1, -0.05) is 49.2 Å². The summed E-state index contributed by atoms with van der Waals surface area (Å²) in [5.41, 5.74) is 9.65. The molecule has 0 saturated carbocycles. The first kappa shape index (κ1) is 27.8. The molecule has 2 N–H and O–H groups in total. The summed E-state index contributed by atoms with van der Waals surface area (Å²) in [5.74, 6) is 0.721. The van der Waals surface area contributed by atoms with Gasteiger partial charge in [0.2, 0.25) is 0 Å². The third-order valence-electron chi connectivity index (χ3n) is 6.93. The molecule has 0 saturated heterocycles. The maximum absolute atomic E-state index is 13.6. The molecule has 1 heterocycles. The highest BCUT2D eigenvalue weighted by Gasteiger charge is 2.44. The summed E-state index contributed by atoms with van der Waals surface area (Å²) in [6, 6.07) is 12.9. The number of ether oxygens (including phenoxy) is 3. The number of benzene rings is 2. The van der Waals surface area contributed by atoms with Crippen LogP contribution in [-0.2, 0) is 16.1 Å². The van der Waals surface area contributed by atoms with Crippen molar-refractivity contribution in [3.05, 3.63) is 80.2 Å². The van der Waals surface area contributed by atoms with Crippen molar-refractivity contribution < 1.29 is 19.0 Å². The summed E-state index contributed by atoms with van der Waals surface area (Å²) in [7, 11) is 3.16. The second kappa shape index (κ2) is 11.3. The van der Waals surface area contributed by atoms with Gasteiger partial charge in [0, 0.05) is 47.0 Å². The maximum atomic E-state index is 13.6. The van der Waals surface area contributed by atoms with E-state index in [4.69, 9.17) is 43.1 Å². The lowest BCUT2D eigenvalue weighted by molar-refractivity contribution is -0.118. The molecule has 7 nitrogen and oxygen atoms in total. The van der Waals surface area contributed by atoms with Gasteiger partial charge in [-0.2, -0.15) is 5.26 Å². The molecular formula is C29H31Cl2N3O4. The van der Waals surface area contributed by atoms with Crippen molar-refractivity contribution in [2.45, 2.75) is 39.2 Å². The average molecular weight is 556 g/mol. The number of hydrogen-bond donors (Lipinski definition) is 1. The number of halogens is 2. The first-order valence-corrected chi connectivity index (χ1v) is 13.0. The van der Waals surface area contributed by atoms with Crippen molar-refractivity contribution in [2.24, 2.45) is 11.1 Å². The molecule has 38 heavy (non-hydrogen) atoms. The second-order valence-corrected chi connectivity index (χ2v) is 11.1. The zero-order valence-electron chi connectivity index (χ0n) is 21.9. The Morgan fingerprint density at radius 1 is 1.13 bits per heavy atom. The van der Waals surface area contributed by atoms with E-state index in [0.29, 0.717) is 64.5 Å². The Labute approximate surface area is 233 Å². The van der Waals surface area contributed by atoms with Crippen LogP contribution < -0.4 is 15.2 Å². The van der Waals surface area contributed by atoms with Crippen molar-refractivity contribution in [3.63, 3.8) is 0 Å². The Hall–Kier alpha value is -3.18. The molecule has 1 aliphatic carbocycles. The van der Waals surface area contributed by atoms with E-state index in [-0.39, 0.29) is 17.8 Å². The minimum absolute atomic E-state index is 0.0144. The fourth-order valence-corrected chi connectivity index (χ4v) is 5.59. The van der Waals surface area contributed by atoms with Gasteiger partial charge in [-0.05, 0) is 41.7 Å². The van der Waals surface area contributed by atoms with Gasteiger partial charge < -0.3 is 24.8 Å². The molecule has 9 heteroatoms. The van der Waals surface area contributed by atoms with Crippen molar-refractivity contribution in [1.29, 1.82) is 5.26 Å². The van der Waals surface area contributed by atoms with Crippen molar-refractivity contribution >= 4 is 29.0 Å². The van der Waals surface area contributed by atoms with Gasteiger partial charge in [-0.3, -0.25) is 4.79 Å². The van der Waals surface area contributed by atoms with E-state index in [1.807, 2.05) is 11.0 Å². The highest BCUT2D eigenvalue weighted by molar-refractivity contribution is 6.35. The van der Waals surface area contributed by atoms with Gasteiger partial charge in [0.25, 0.3) is 0 Å². The molecule has 1 atom stereocenters. The number of carbonyl (C=O) groups excluding carboxylic acids is 1. The molecule has 0 bridgehead atoms. The molecule has 2 aromatic carbocycles. The normalized spacial score (nSPS) is 18.8. The zero-order chi connectivity index (χ0) is 27.6. The lowest BCUT2D eigenvalue weighted by atomic mass is 9.68. The molecule has 2 aromatic rings. The zero-order valence-corrected chi connectivity index (χ0v) is 23.4. The molecule has 200 valence electrons. The van der Waals surface area contributed by atoms with Crippen LogP contribution in [0.1, 0.15) is 43.7 Å². The number of nitrogens with zero attached hydrogens (tertiary/aromatic N) is 2. The Morgan fingerprint density at radius 3 is 2.55 bits per heavy atom. The number of nitriles is 1. The van der Waals surface area contributed by atoms with E-state index < -0.39 is 5.92 Å². The highest BCUT2D eigenvalue weighted by Crippen LogP contribution is 2.49. The predicted molar refractivity (Wildman–Crippen MR) is 147 cm³/mol. The van der Waals surface area contributed by atoms with Crippen molar-refractivity contribution in [2.75, 3.05) is 27.4 Å². The summed E-state index contributed by atoms with van der Waals surface area (Å²) < 4.78 is 16.9. The molecule has 4 rings (SSSR count). The minimum Gasteiger partial charge on any atom is -0.493 e. The number of hydrogen-bond acceptors (Lipinski definition) is 7. The molecule has 0 aromatic heterocycles. The number of rotatable bonds is 8. The van der Waals surface area contributed by atoms with Gasteiger partial charge in [0.1, 0.15) is 12.4 Å². The van der Waals surface area contributed by atoms with E-state index >= 15 is 0 Å². The lowest BCUT2D eigenvalue weighted by Gasteiger charge is -2.43. The smallest absolute Gasteiger partial charge is 0.162 e. The van der Waals surface area contributed by atoms with Crippen LogP contribution in [0.2, 0.25) is 10.0 Å². The monoisotopic (exact) mass is 555 g/mol. The summed E-state index contributed by atoms with van der Waals surface area (Å²) in [4.78, 5) is 15.5. The summed E-state index contributed by atoms with van der Waals surface area (Å²) in [6.07, 6.45) is 1.05. The molecule has 0 amide bonds. The van der Waals surface area contributed by atoms with Crippen molar-refractivity contribution in [3.8, 4) is 17.6 Å². The van der Waals surface area contributed by atoms with Gasteiger partial charge >= 0.3 is 0 Å². The number of carbonyl (C=O) groups is 1.